The summed E-state index contributed by atoms with van der Waals surface area (Å²) >= 11 is 0. The Hall–Kier alpha value is -3.10. The van der Waals surface area contributed by atoms with Crippen LogP contribution in [-0.4, -0.2) is 14.5 Å². The van der Waals surface area contributed by atoms with Crippen molar-refractivity contribution in [2.75, 3.05) is 0 Å². The first kappa shape index (κ1) is 19.7. The van der Waals surface area contributed by atoms with Crippen LogP contribution in [0.1, 0.15) is 18.9 Å². The van der Waals surface area contributed by atoms with Gasteiger partial charge in [-0.2, -0.15) is 13.2 Å². The van der Waals surface area contributed by atoms with Crippen molar-refractivity contribution in [2.45, 2.75) is 26.1 Å². The van der Waals surface area contributed by atoms with Crippen LogP contribution >= 0.6 is 0 Å². The highest BCUT2D eigenvalue weighted by atomic mass is 19.4. The fourth-order valence-electron chi connectivity index (χ4n) is 2.65. The molecule has 4 nitrogen and oxygen atoms in total. The van der Waals surface area contributed by atoms with Gasteiger partial charge in [-0.25, -0.2) is 18.7 Å². The first-order valence-electron chi connectivity index (χ1n) is 8.29. The fraction of sp³-hybridized carbons (Fsp3) is 0.211. The highest BCUT2D eigenvalue weighted by molar-refractivity contribution is 5.86. The maximum absolute atomic E-state index is 14.6. The number of allylic oxidation sites excluding steroid dienone is 2. The van der Waals surface area contributed by atoms with E-state index in [1.807, 2.05) is 13.0 Å². The van der Waals surface area contributed by atoms with Gasteiger partial charge in [-0.1, -0.05) is 19.1 Å². The van der Waals surface area contributed by atoms with E-state index in [9.17, 15) is 26.7 Å². The highest BCUT2D eigenvalue weighted by Crippen LogP contribution is 2.30. The van der Waals surface area contributed by atoms with Crippen molar-refractivity contribution in [3.8, 4) is 11.4 Å². The van der Waals surface area contributed by atoms with Crippen molar-refractivity contribution in [3.05, 3.63) is 70.4 Å². The number of aromatic nitrogens is 3. The summed E-state index contributed by atoms with van der Waals surface area (Å²) in [6.45, 7) is 2.12. The minimum Gasteiger partial charge on any atom is -0.311 e. The van der Waals surface area contributed by atoms with Gasteiger partial charge in [0.05, 0.1) is 16.5 Å². The first-order valence-corrected chi connectivity index (χ1v) is 8.29. The molecular formula is C19H14F5N3O. The Bertz CT molecular complexity index is 1100. The number of hydrogen-bond donors (Lipinski definition) is 0. The van der Waals surface area contributed by atoms with E-state index in [0.717, 1.165) is 12.5 Å². The molecule has 0 spiro atoms. The molecule has 0 bridgehead atoms. The van der Waals surface area contributed by atoms with Crippen LogP contribution in [0.3, 0.4) is 0 Å². The summed E-state index contributed by atoms with van der Waals surface area (Å²) in [7, 11) is 0. The smallest absolute Gasteiger partial charge is 0.311 e. The summed E-state index contributed by atoms with van der Waals surface area (Å²) in [6, 6.07) is 2.57. The Balaban J connectivity index is 2.11. The third-order valence-corrected chi connectivity index (χ3v) is 4.07. The summed E-state index contributed by atoms with van der Waals surface area (Å²) < 4.78 is 68.2. The standard InChI is InChI=1S/C19H14F5N3O/c1-2-3-4-6-27-7-5-11-8-13(15(20)16(21)14(11)18(27)28)17-25-9-12(10-26-17)19(22,23)24/h3-5,7-10H,2,6H2,1H3/b4-3+. The van der Waals surface area contributed by atoms with Gasteiger partial charge in [0.2, 0.25) is 0 Å². The highest BCUT2D eigenvalue weighted by Gasteiger charge is 2.31. The molecule has 2 aromatic heterocycles. The molecule has 0 saturated heterocycles. The Morgan fingerprint density at radius 3 is 2.39 bits per heavy atom. The number of halogens is 5. The Kier molecular flexibility index (Phi) is 5.26. The van der Waals surface area contributed by atoms with Gasteiger partial charge in [0, 0.05) is 25.1 Å². The van der Waals surface area contributed by atoms with E-state index in [-0.39, 0.29) is 11.9 Å². The van der Waals surface area contributed by atoms with Crippen molar-refractivity contribution in [1.29, 1.82) is 0 Å². The van der Waals surface area contributed by atoms with Crippen molar-refractivity contribution in [1.82, 2.24) is 14.5 Å². The van der Waals surface area contributed by atoms with Crippen LogP contribution in [0.15, 0.2) is 47.7 Å². The maximum atomic E-state index is 14.6. The molecule has 0 aliphatic carbocycles. The Labute approximate surface area is 156 Å². The van der Waals surface area contributed by atoms with Gasteiger partial charge in [0.1, 0.15) is 0 Å². The molecule has 2 heterocycles. The van der Waals surface area contributed by atoms with E-state index in [4.69, 9.17) is 0 Å². The van der Waals surface area contributed by atoms with Crippen LogP contribution in [0.4, 0.5) is 22.0 Å². The molecule has 0 fully saturated rings. The van der Waals surface area contributed by atoms with E-state index in [2.05, 4.69) is 9.97 Å². The van der Waals surface area contributed by atoms with Crippen LogP contribution in [-0.2, 0) is 12.7 Å². The Morgan fingerprint density at radius 2 is 1.79 bits per heavy atom. The lowest BCUT2D eigenvalue weighted by molar-refractivity contribution is -0.138. The lowest BCUT2D eigenvalue weighted by atomic mass is 10.1. The molecule has 28 heavy (non-hydrogen) atoms. The second kappa shape index (κ2) is 7.49. The molecular weight excluding hydrogens is 381 g/mol. The van der Waals surface area contributed by atoms with Gasteiger partial charge < -0.3 is 4.57 Å². The molecule has 3 aromatic rings. The van der Waals surface area contributed by atoms with Crippen molar-refractivity contribution in [2.24, 2.45) is 0 Å². The molecule has 0 saturated carbocycles. The lowest BCUT2D eigenvalue weighted by Crippen LogP contribution is -2.20. The van der Waals surface area contributed by atoms with Crippen LogP contribution in [0.2, 0.25) is 0 Å². The largest absolute Gasteiger partial charge is 0.419 e. The molecule has 0 atom stereocenters. The van der Waals surface area contributed by atoms with Gasteiger partial charge in [0.25, 0.3) is 5.56 Å². The maximum Gasteiger partial charge on any atom is 0.419 e. The topological polar surface area (TPSA) is 47.8 Å². The zero-order valence-corrected chi connectivity index (χ0v) is 14.6. The number of alkyl halides is 3. The zero-order chi connectivity index (χ0) is 20.5. The average molecular weight is 395 g/mol. The molecule has 0 N–H and O–H groups in total. The number of benzene rings is 1. The van der Waals surface area contributed by atoms with Crippen molar-refractivity contribution in [3.63, 3.8) is 0 Å². The molecule has 146 valence electrons. The SMILES string of the molecule is CC/C=C/Cn1ccc2cc(-c3ncc(C(F)(F)F)cn3)c(F)c(F)c2c1=O. The van der Waals surface area contributed by atoms with Crippen LogP contribution in [0.25, 0.3) is 22.2 Å². The summed E-state index contributed by atoms with van der Waals surface area (Å²) in [5.74, 6) is -3.21. The summed E-state index contributed by atoms with van der Waals surface area (Å²) in [5, 5.41) is -0.348. The van der Waals surface area contributed by atoms with Gasteiger partial charge in [-0.05, 0) is 23.9 Å². The first-order chi connectivity index (χ1) is 13.2. The molecule has 0 amide bonds. The molecule has 1 aromatic carbocycles. The summed E-state index contributed by atoms with van der Waals surface area (Å²) in [5.41, 5.74) is -2.25. The quantitative estimate of drug-likeness (QED) is 0.474. The van der Waals surface area contributed by atoms with E-state index in [1.54, 1.807) is 6.08 Å². The van der Waals surface area contributed by atoms with Crippen LogP contribution in [0.5, 0.6) is 0 Å². The molecule has 0 radical (unpaired) electrons. The van der Waals surface area contributed by atoms with E-state index < -0.39 is 45.7 Å². The Morgan fingerprint density at radius 1 is 1.11 bits per heavy atom. The van der Waals surface area contributed by atoms with Gasteiger partial charge in [-0.3, -0.25) is 4.79 Å². The van der Waals surface area contributed by atoms with E-state index >= 15 is 0 Å². The molecule has 0 aliphatic heterocycles. The normalized spacial score (nSPS) is 12.2. The second-order valence-electron chi connectivity index (χ2n) is 5.96. The third kappa shape index (κ3) is 3.64. The minimum absolute atomic E-state index is 0.0955. The minimum atomic E-state index is -4.65. The van der Waals surface area contributed by atoms with Crippen LogP contribution < -0.4 is 5.56 Å². The molecule has 0 unspecified atom stereocenters. The number of fused-ring (bicyclic) bond motifs is 1. The van der Waals surface area contributed by atoms with E-state index in [0.29, 0.717) is 12.4 Å². The second-order valence-corrected chi connectivity index (χ2v) is 5.96. The predicted molar refractivity (Wildman–Crippen MR) is 93.6 cm³/mol. The number of pyridine rings is 1. The monoisotopic (exact) mass is 395 g/mol. The van der Waals surface area contributed by atoms with Crippen molar-refractivity contribution < 1.29 is 22.0 Å². The average Bonchev–Trinajstić information content (AvgIpc) is 2.65. The summed E-state index contributed by atoms with van der Waals surface area (Å²) in [6.07, 6.45) is 2.08. The summed E-state index contributed by atoms with van der Waals surface area (Å²) in [4.78, 5) is 19.4. The third-order valence-electron chi connectivity index (χ3n) is 4.07. The lowest BCUT2D eigenvalue weighted by Gasteiger charge is -2.10. The van der Waals surface area contributed by atoms with Gasteiger partial charge in [-0.15, -0.1) is 0 Å². The number of rotatable bonds is 4. The van der Waals surface area contributed by atoms with Crippen molar-refractivity contribution >= 4 is 10.8 Å². The van der Waals surface area contributed by atoms with Crippen LogP contribution in [0, 0.1) is 11.6 Å². The van der Waals surface area contributed by atoms with Gasteiger partial charge in [0.15, 0.2) is 17.5 Å². The number of hydrogen-bond acceptors (Lipinski definition) is 3. The van der Waals surface area contributed by atoms with Gasteiger partial charge >= 0.3 is 6.18 Å². The molecule has 0 aliphatic rings. The van der Waals surface area contributed by atoms with E-state index in [1.165, 1.54) is 16.8 Å². The molecule has 9 heteroatoms. The number of nitrogens with zero attached hydrogens (tertiary/aromatic N) is 3. The zero-order valence-electron chi connectivity index (χ0n) is 14.6. The molecule has 3 rings (SSSR count). The fourth-order valence-corrected chi connectivity index (χ4v) is 2.65. The predicted octanol–water partition coefficient (Wildman–Crippen LogP) is 4.72.